The standard InChI is InChI=1S/C25H26N4O2S/c1-28(2)24-10-6-7-11-25(24)32(30,31)29-18-21-14-20(16-26)12-13-23(21)27-17-22(29)15-19-8-4-3-5-9-19/h3-14,22,27H,15,17-18H2,1-2H3. The number of hydrogen-bond acceptors (Lipinski definition) is 5. The summed E-state index contributed by atoms with van der Waals surface area (Å²) in [6.45, 7) is 0.663. The second-order valence-corrected chi connectivity index (χ2v) is 9.98. The van der Waals surface area contributed by atoms with Crippen molar-refractivity contribution in [3.63, 3.8) is 0 Å². The van der Waals surface area contributed by atoms with Crippen molar-refractivity contribution >= 4 is 21.4 Å². The van der Waals surface area contributed by atoms with E-state index in [1.54, 1.807) is 28.6 Å². The molecule has 0 spiro atoms. The monoisotopic (exact) mass is 446 g/mol. The Morgan fingerprint density at radius 1 is 1.06 bits per heavy atom. The zero-order chi connectivity index (χ0) is 22.7. The second-order valence-electron chi connectivity index (χ2n) is 8.12. The van der Waals surface area contributed by atoms with Crippen molar-refractivity contribution in [2.75, 3.05) is 30.9 Å². The molecule has 1 unspecified atom stereocenters. The van der Waals surface area contributed by atoms with Crippen LogP contribution in [0.2, 0.25) is 0 Å². The molecule has 1 N–H and O–H groups in total. The SMILES string of the molecule is CN(C)c1ccccc1S(=O)(=O)N1Cc2cc(C#N)ccc2NCC1Cc1ccccc1. The van der Waals surface area contributed by atoms with E-state index < -0.39 is 10.0 Å². The van der Waals surface area contributed by atoms with Gasteiger partial charge in [-0.2, -0.15) is 9.57 Å². The molecule has 0 aromatic heterocycles. The third-order valence-corrected chi connectivity index (χ3v) is 7.69. The highest BCUT2D eigenvalue weighted by molar-refractivity contribution is 7.89. The van der Waals surface area contributed by atoms with Gasteiger partial charge in [0.2, 0.25) is 10.0 Å². The Morgan fingerprint density at radius 3 is 2.50 bits per heavy atom. The first-order valence-electron chi connectivity index (χ1n) is 10.5. The molecule has 0 saturated heterocycles. The first-order chi connectivity index (χ1) is 15.4. The highest BCUT2D eigenvalue weighted by Crippen LogP contribution is 2.33. The van der Waals surface area contributed by atoms with Crippen LogP contribution in [0.25, 0.3) is 0 Å². The maximum atomic E-state index is 14.0. The quantitative estimate of drug-likeness (QED) is 0.644. The Balaban J connectivity index is 1.81. The van der Waals surface area contributed by atoms with Crippen LogP contribution in [-0.4, -0.2) is 39.4 Å². The van der Waals surface area contributed by atoms with Crippen LogP contribution in [0.1, 0.15) is 16.7 Å². The van der Waals surface area contributed by atoms with E-state index in [1.807, 2.05) is 67.5 Å². The van der Waals surface area contributed by atoms with Crippen molar-refractivity contribution < 1.29 is 8.42 Å². The first-order valence-corrected chi connectivity index (χ1v) is 11.9. The topological polar surface area (TPSA) is 76.4 Å². The lowest BCUT2D eigenvalue weighted by atomic mass is 10.1. The van der Waals surface area contributed by atoms with E-state index >= 15 is 0 Å². The number of nitrogens with zero attached hydrogens (tertiary/aromatic N) is 3. The molecule has 3 aromatic rings. The van der Waals surface area contributed by atoms with Crippen LogP contribution in [0.4, 0.5) is 11.4 Å². The highest BCUT2D eigenvalue weighted by Gasteiger charge is 2.35. The molecule has 4 rings (SSSR count). The average Bonchev–Trinajstić information content (AvgIpc) is 2.99. The van der Waals surface area contributed by atoms with E-state index in [4.69, 9.17) is 0 Å². The summed E-state index contributed by atoms with van der Waals surface area (Å²) >= 11 is 0. The molecule has 0 radical (unpaired) electrons. The number of hydrogen-bond donors (Lipinski definition) is 1. The van der Waals surface area contributed by atoms with Gasteiger partial charge in [0.15, 0.2) is 0 Å². The molecular weight excluding hydrogens is 420 g/mol. The lowest BCUT2D eigenvalue weighted by molar-refractivity contribution is 0.326. The van der Waals surface area contributed by atoms with E-state index in [0.29, 0.717) is 24.2 Å². The van der Waals surface area contributed by atoms with Gasteiger partial charge in [-0.05, 0) is 47.9 Å². The summed E-state index contributed by atoms with van der Waals surface area (Å²) < 4.78 is 29.7. The largest absolute Gasteiger partial charge is 0.383 e. The third kappa shape index (κ3) is 4.33. The smallest absolute Gasteiger partial charge is 0.245 e. The number of nitrogens with one attached hydrogen (secondary N) is 1. The molecule has 1 atom stereocenters. The number of fused-ring (bicyclic) bond motifs is 1. The van der Waals surface area contributed by atoms with Gasteiger partial charge in [0, 0.05) is 38.9 Å². The number of nitriles is 1. The summed E-state index contributed by atoms with van der Waals surface area (Å²) in [7, 11) is -0.141. The molecule has 1 aliphatic rings. The van der Waals surface area contributed by atoms with Gasteiger partial charge in [0.1, 0.15) is 4.90 Å². The minimum absolute atomic E-state index is 0.194. The minimum atomic E-state index is -3.82. The molecule has 32 heavy (non-hydrogen) atoms. The van der Waals surface area contributed by atoms with Crippen LogP contribution in [0.5, 0.6) is 0 Å². The van der Waals surface area contributed by atoms with E-state index in [2.05, 4.69) is 11.4 Å². The molecule has 6 nitrogen and oxygen atoms in total. The van der Waals surface area contributed by atoms with Gasteiger partial charge in [0.05, 0.1) is 17.3 Å². The zero-order valence-corrected chi connectivity index (χ0v) is 19.0. The fourth-order valence-electron chi connectivity index (χ4n) is 4.11. The average molecular weight is 447 g/mol. The Hall–Kier alpha value is -3.34. The molecule has 1 aliphatic heterocycles. The maximum Gasteiger partial charge on any atom is 0.245 e. The fourth-order valence-corrected chi connectivity index (χ4v) is 5.97. The summed E-state index contributed by atoms with van der Waals surface area (Å²) in [5.41, 5.74) is 3.89. The molecule has 0 fully saturated rings. The van der Waals surface area contributed by atoms with Crippen molar-refractivity contribution in [2.45, 2.75) is 23.9 Å². The number of sulfonamides is 1. The van der Waals surface area contributed by atoms with Gasteiger partial charge in [0.25, 0.3) is 0 Å². The first kappa shape index (κ1) is 21.9. The number of rotatable bonds is 5. The zero-order valence-electron chi connectivity index (χ0n) is 18.2. The third-order valence-electron chi connectivity index (χ3n) is 5.74. The van der Waals surface area contributed by atoms with Crippen molar-refractivity contribution in [1.29, 1.82) is 5.26 Å². The molecule has 1 heterocycles. The fraction of sp³-hybridized carbons (Fsp3) is 0.240. The molecule has 7 heteroatoms. The number of benzene rings is 3. The molecular formula is C25H26N4O2S. The van der Waals surface area contributed by atoms with Crippen LogP contribution < -0.4 is 10.2 Å². The van der Waals surface area contributed by atoms with Gasteiger partial charge >= 0.3 is 0 Å². The van der Waals surface area contributed by atoms with Crippen LogP contribution in [0.15, 0.2) is 77.7 Å². The maximum absolute atomic E-state index is 14.0. The number of anilines is 2. The van der Waals surface area contributed by atoms with Gasteiger partial charge < -0.3 is 10.2 Å². The highest BCUT2D eigenvalue weighted by atomic mass is 32.2. The molecule has 3 aromatic carbocycles. The number of para-hydroxylation sites is 1. The molecule has 164 valence electrons. The van der Waals surface area contributed by atoms with Gasteiger partial charge in [-0.25, -0.2) is 8.42 Å². The van der Waals surface area contributed by atoms with E-state index in [1.165, 1.54) is 0 Å². The van der Waals surface area contributed by atoms with Crippen molar-refractivity contribution in [3.8, 4) is 6.07 Å². The molecule has 0 amide bonds. The Morgan fingerprint density at radius 2 is 1.78 bits per heavy atom. The van der Waals surface area contributed by atoms with Crippen molar-refractivity contribution in [2.24, 2.45) is 0 Å². The predicted octanol–water partition coefficient (Wildman–Crippen LogP) is 3.85. The van der Waals surface area contributed by atoms with Crippen LogP contribution in [0, 0.1) is 11.3 Å². The van der Waals surface area contributed by atoms with Gasteiger partial charge in [-0.15, -0.1) is 0 Å². The summed E-state index contributed by atoms with van der Waals surface area (Å²) in [5, 5.41) is 12.8. The van der Waals surface area contributed by atoms with E-state index in [9.17, 15) is 13.7 Å². The summed E-state index contributed by atoms with van der Waals surface area (Å²) in [6.07, 6.45) is 0.580. The Labute approximate surface area is 189 Å². The predicted molar refractivity (Wildman–Crippen MR) is 127 cm³/mol. The second kappa shape index (κ2) is 9.03. The van der Waals surface area contributed by atoms with Crippen molar-refractivity contribution in [1.82, 2.24) is 4.31 Å². The van der Waals surface area contributed by atoms with E-state index in [0.717, 1.165) is 16.8 Å². The molecule has 0 saturated carbocycles. The Kier molecular flexibility index (Phi) is 6.17. The van der Waals surface area contributed by atoms with E-state index in [-0.39, 0.29) is 17.5 Å². The lowest BCUT2D eigenvalue weighted by Gasteiger charge is -2.30. The van der Waals surface area contributed by atoms with Crippen molar-refractivity contribution in [3.05, 3.63) is 89.5 Å². The lowest BCUT2D eigenvalue weighted by Crippen LogP contribution is -2.43. The normalized spacial score (nSPS) is 16.3. The molecule has 0 bridgehead atoms. The van der Waals surface area contributed by atoms with Crippen LogP contribution >= 0.6 is 0 Å². The minimum Gasteiger partial charge on any atom is -0.383 e. The van der Waals surface area contributed by atoms with Crippen LogP contribution in [-0.2, 0) is 23.0 Å². The summed E-state index contributed by atoms with van der Waals surface area (Å²) in [5.74, 6) is 0. The van der Waals surface area contributed by atoms with Crippen LogP contribution in [0.3, 0.4) is 0 Å². The summed E-state index contributed by atoms with van der Waals surface area (Å²) in [4.78, 5) is 2.10. The van der Waals surface area contributed by atoms with Gasteiger partial charge in [-0.3, -0.25) is 0 Å². The summed E-state index contributed by atoms with van der Waals surface area (Å²) in [6, 6.07) is 24.2. The van der Waals surface area contributed by atoms with Gasteiger partial charge in [-0.1, -0.05) is 42.5 Å². The molecule has 0 aliphatic carbocycles. The Bertz CT molecular complexity index is 1250.